The number of rotatable bonds is 7. The molecule has 1 aliphatic heterocycles. The summed E-state index contributed by atoms with van der Waals surface area (Å²) in [6, 6.07) is 5.82. The lowest BCUT2D eigenvalue weighted by atomic mass is 9.78. The van der Waals surface area contributed by atoms with Crippen molar-refractivity contribution in [1.29, 1.82) is 0 Å². The van der Waals surface area contributed by atoms with Crippen molar-refractivity contribution in [1.82, 2.24) is 20.2 Å². The fourth-order valence-corrected chi connectivity index (χ4v) is 3.39. The Morgan fingerprint density at radius 2 is 1.84 bits per heavy atom. The van der Waals surface area contributed by atoms with Crippen LogP contribution < -0.4 is 5.46 Å². The second kappa shape index (κ2) is 8.52. The molecule has 1 aromatic heterocycles. The van der Waals surface area contributed by atoms with Gasteiger partial charge in [-0.1, -0.05) is 23.7 Å². The number of hydrogen-bond acceptors (Lipinski definition) is 7. The number of ether oxygens (including phenoxy) is 1. The van der Waals surface area contributed by atoms with Gasteiger partial charge in [-0.3, -0.25) is 0 Å². The Kier molecular flexibility index (Phi) is 6.51. The van der Waals surface area contributed by atoms with E-state index >= 15 is 0 Å². The molecular weight excluding hydrogens is 419 g/mol. The SMILES string of the molecule is CCOC(=O)C(C)(C)n1nnc(CCc2ccc(B3OC(C)(C)C(C)(C)O3)cc2Cl)n1. The number of tetrazole rings is 1. The van der Waals surface area contributed by atoms with E-state index in [4.69, 9.17) is 25.6 Å². The molecule has 168 valence electrons. The van der Waals surface area contributed by atoms with Crippen molar-refractivity contribution in [2.24, 2.45) is 0 Å². The summed E-state index contributed by atoms with van der Waals surface area (Å²) in [7, 11) is -0.455. The molecule has 8 nitrogen and oxygen atoms in total. The Hall–Kier alpha value is -1.97. The van der Waals surface area contributed by atoms with Crippen molar-refractivity contribution >= 4 is 30.2 Å². The Morgan fingerprint density at radius 3 is 2.42 bits per heavy atom. The van der Waals surface area contributed by atoms with Crippen molar-refractivity contribution in [3.05, 3.63) is 34.6 Å². The fourth-order valence-electron chi connectivity index (χ4n) is 3.11. The molecule has 2 aromatic rings. The molecule has 0 amide bonds. The average molecular weight is 449 g/mol. The summed E-state index contributed by atoms with van der Waals surface area (Å²) < 4.78 is 17.3. The maximum absolute atomic E-state index is 12.1. The third-order valence-corrected chi connectivity index (χ3v) is 6.30. The highest BCUT2D eigenvalue weighted by molar-refractivity contribution is 6.62. The number of carbonyl (C=O) groups is 1. The number of esters is 1. The van der Waals surface area contributed by atoms with Gasteiger partial charge >= 0.3 is 13.1 Å². The first-order chi connectivity index (χ1) is 14.4. The molecule has 2 heterocycles. The Labute approximate surface area is 188 Å². The van der Waals surface area contributed by atoms with E-state index in [-0.39, 0.29) is 0 Å². The normalized spacial score (nSPS) is 17.7. The van der Waals surface area contributed by atoms with Gasteiger partial charge in [-0.15, -0.1) is 15.0 Å². The molecule has 10 heteroatoms. The minimum atomic E-state index is -1.02. The van der Waals surface area contributed by atoms with Crippen LogP contribution in [0.15, 0.2) is 18.2 Å². The number of halogens is 1. The molecule has 0 N–H and O–H groups in total. The van der Waals surface area contributed by atoms with Gasteiger partial charge < -0.3 is 14.0 Å². The van der Waals surface area contributed by atoms with Crippen LogP contribution in [0.1, 0.15) is 59.9 Å². The average Bonchev–Trinajstić information content (AvgIpc) is 3.23. The van der Waals surface area contributed by atoms with E-state index in [1.165, 1.54) is 4.80 Å². The number of benzene rings is 1. The number of carbonyl (C=O) groups excluding carboxylic acids is 1. The molecule has 1 aromatic carbocycles. The maximum atomic E-state index is 12.1. The van der Waals surface area contributed by atoms with Crippen molar-refractivity contribution in [2.45, 2.75) is 78.0 Å². The van der Waals surface area contributed by atoms with Gasteiger partial charge in [-0.05, 0) is 77.2 Å². The monoisotopic (exact) mass is 448 g/mol. The Bertz CT molecular complexity index is 945. The smallest absolute Gasteiger partial charge is 0.464 e. The van der Waals surface area contributed by atoms with Crippen LogP contribution >= 0.6 is 11.6 Å². The lowest BCUT2D eigenvalue weighted by Crippen LogP contribution is -2.41. The zero-order valence-corrected chi connectivity index (χ0v) is 20.0. The summed E-state index contributed by atoms with van der Waals surface area (Å²) in [6.45, 7) is 13.5. The Morgan fingerprint density at radius 1 is 1.19 bits per heavy atom. The van der Waals surface area contributed by atoms with Crippen LogP contribution in [0.4, 0.5) is 0 Å². The van der Waals surface area contributed by atoms with Crippen LogP contribution in [0.3, 0.4) is 0 Å². The number of aromatic nitrogens is 4. The van der Waals surface area contributed by atoms with Crippen LogP contribution in [0.25, 0.3) is 0 Å². The highest BCUT2D eigenvalue weighted by Crippen LogP contribution is 2.36. The zero-order valence-electron chi connectivity index (χ0n) is 19.2. The zero-order chi connectivity index (χ0) is 23.0. The molecule has 0 unspecified atom stereocenters. The van der Waals surface area contributed by atoms with Gasteiger partial charge in [0.05, 0.1) is 17.8 Å². The molecule has 1 aliphatic rings. The first-order valence-corrected chi connectivity index (χ1v) is 10.9. The molecule has 0 saturated carbocycles. The van der Waals surface area contributed by atoms with Crippen molar-refractivity contribution in [3.63, 3.8) is 0 Å². The van der Waals surface area contributed by atoms with E-state index < -0.39 is 29.8 Å². The molecule has 0 aliphatic carbocycles. The summed E-state index contributed by atoms with van der Waals surface area (Å²) in [6.07, 6.45) is 1.17. The van der Waals surface area contributed by atoms with Crippen LogP contribution in [0.2, 0.25) is 5.02 Å². The first-order valence-electron chi connectivity index (χ1n) is 10.5. The maximum Gasteiger partial charge on any atom is 0.494 e. The van der Waals surface area contributed by atoms with Gasteiger partial charge in [-0.25, -0.2) is 4.79 Å². The predicted molar refractivity (Wildman–Crippen MR) is 118 cm³/mol. The summed E-state index contributed by atoms with van der Waals surface area (Å²) in [4.78, 5) is 13.4. The largest absolute Gasteiger partial charge is 0.494 e. The molecule has 0 atom stereocenters. The van der Waals surface area contributed by atoms with E-state index in [0.29, 0.717) is 30.3 Å². The van der Waals surface area contributed by atoms with E-state index in [9.17, 15) is 4.79 Å². The van der Waals surface area contributed by atoms with Gasteiger partial charge in [0.1, 0.15) is 0 Å². The molecule has 1 saturated heterocycles. The van der Waals surface area contributed by atoms with Gasteiger partial charge in [0.2, 0.25) is 0 Å². The van der Waals surface area contributed by atoms with E-state index in [1.807, 2.05) is 45.9 Å². The highest BCUT2D eigenvalue weighted by Gasteiger charge is 2.51. The minimum Gasteiger partial charge on any atom is -0.464 e. The van der Waals surface area contributed by atoms with Crippen LogP contribution in [0.5, 0.6) is 0 Å². The molecule has 1 fully saturated rings. The van der Waals surface area contributed by atoms with Gasteiger partial charge in [0.15, 0.2) is 11.4 Å². The second-order valence-corrected chi connectivity index (χ2v) is 9.62. The number of hydrogen-bond donors (Lipinski definition) is 0. The Balaban J connectivity index is 1.66. The van der Waals surface area contributed by atoms with E-state index in [0.717, 1.165) is 11.0 Å². The van der Waals surface area contributed by atoms with Crippen molar-refractivity contribution < 1.29 is 18.8 Å². The third-order valence-electron chi connectivity index (χ3n) is 5.95. The molecule has 3 rings (SSSR count). The van der Waals surface area contributed by atoms with Crippen molar-refractivity contribution in [2.75, 3.05) is 6.61 Å². The number of aryl methyl sites for hydroxylation is 2. The van der Waals surface area contributed by atoms with Crippen molar-refractivity contribution in [3.8, 4) is 0 Å². The third kappa shape index (κ3) is 4.78. The minimum absolute atomic E-state index is 0.296. The van der Waals surface area contributed by atoms with Crippen LogP contribution in [0, 0.1) is 0 Å². The summed E-state index contributed by atoms with van der Waals surface area (Å²) in [5.41, 5.74) is 0.00848. The van der Waals surface area contributed by atoms with Gasteiger partial charge in [-0.2, -0.15) is 0 Å². The molecule has 0 bridgehead atoms. The standard InChI is InChI=1S/C21H30BClN4O4/c1-8-29-18(28)19(2,3)27-25-17(24-26-27)12-10-14-9-11-15(13-16(14)23)22-30-20(4,5)21(6,7)31-22/h9,11,13H,8,10,12H2,1-7H3. The number of nitrogens with zero attached hydrogens (tertiary/aromatic N) is 4. The quantitative estimate of drug-likeness (QED) is 0.475. The van der Waals surface area contributed by atoms with Gasteiger partial charge in [0, 0.05) is 11.4 Å². The highest BCUT2D eigenvalue weighted by atomic mass is 35.5. The summed E-state index contributed by atoms with van der Waals surface area (Å²) >= 11 is 6.54. The topological polar surface area (TPSA) is 88.4 Å². The first kappa shape index (κ1) is 23.7. The van der Waals surface area contributed by atoms with Gasteiger partial charge in [0.25, 0.3) is 0 Å². The molecular formula is C21H30BClN4O4. The van der Waals surface area contributed by atoms with Crippen LogP contribution in [-0.2, 0) is 37.2 Å². The molecule has 31 heavy (non-hydrogen) atoms. The van der Waals surface area contributed by atoms with E-state index in [1.54, 1.807) is 20.8 Å². The van der Waals surface area contributed by atoms with Crippen LogP contribution in [-0.4, -0.2) is 51.1 Å². The second-order valence-electron chi connectivity index (χ2n) is 9.21. The predicted octanol–water partition coefficient (Wildman–Crippen LogP) is 2.71. The molecule has 0 spiro atoms. The lowest BCUT2D eigenvalue weighted by molar-refractivity contribution is -0.153. The summed E-state index contributed by atoms with van der Waals surface area (Å²) in [5.74, 6) is 0.128. The fraction of sp³-hybridized carbons (Fsp3) is 0.619. The van der Waals surface area contributed by atoms with E-state index in [2.05, 4.69) is 15.4 Å². The lowest BCUT2D eigenvalue weighted by Gasteiger charge is -2.32. The summed E-state index contributed by atoms with van der Waals surface area (Å²) in [5, 5.41) is 13.1. The molecule has 0 radical (unpaired) electrons.